The molecule has 25 heavy (non-hydrogen) atoms. The maximum atomic E-state index is 5.81. The molecule has 3 aromatic rings. The number of hydrogen-bond donors (Lipinski definition) is 1. The monoisotopic (exact) mass is 360 g/mol. The van der Waals surface area contributed by atoms with Gasteiger partial charge in [0.25, 0.3) is 0 Å². The number of pyridine rings is 1. The van der Waals surface area contributed by atoms with Crippen molar-refractivity contribution < 1.29 is 9.47 Å². The topological polar surface area (TPSA) is 87.0 Å². The number of aromatic nitrogens is 5. The summed E-state index contributed by atoms with van der Waals surface area (Å²) in [6.45, 7) is 0.939. The minimum Gasteiger partial charge on any atom is -0.493 e. The first-order chi connectivity index (χ1) is 12.2. The fourth-order valence-electron chi connectivity index (χ4n) is 2.15. The maximum absolute atomic E-state index is 5.81. The first kappa shape index (κ1) is 17.0. The molecule has 3 rings (SSSR count). The molecule has 0 amide bonds. The third-order valence-corrected chi connectivity index (χ3v) is 3.71. The standard InChI is InChI=1S/C16H17ClN6O2/c1-23-16(20-21-22-23)19-8-11-3-5-13(14(7-11)24-2)25-10-12-4-6-15(17)18-9-12/h3-7,9H,8,10H2,1-2H3,(H,19,20,22). The third-order valence-electron chi connectivity index (χ3n) is 3.48. The zero-order valence-electron chi connectivity index (χ0n) is 13.8. The molecule has 1 N–H and O–H groups in total. The molecule has 0 aliphatic rings. The number of nitrogens with one attached hydrogen (secondary N) is 1. The zero-order valence-corrected chi connectivity index (χ0v) is 14.6. The lowest BCUT2D eigenvalue weighted by molar-refractivity contribution is 0.284. The zero-order chi connectivity index (χ0) is 17.6. The second-order valence-corrected chi connectivity index (χ2v) is 5.63. The first-order valence-corrected chi connectivity index (χ1v) is 7.90. The van der Waals surface area contributed by atoms with E-state index in [4.69, 9.17) is 21.1 Å². The van der Waals surface area contributed by atoms with Gasteiger partial charge in [0.05, 0.1) is 7.11 Å². The van der Waals surface area contributed by atoms with Crippen LogP contribution < -0.4 is 14.8 Å². The van der Waals surface area contributed by atoms with Crippen molar-refractivity contribution in [2.75, 3.05) is 12.4 Å². The van der Waals surface area contributed by atoms with E-state index < -0.39 is 0 Å². The van der Waals surface area contributed by atoms with Crippen LogP contribution in [0, 0.1) is 0 Å². The minimum absolute atomic E-state index is 0.378. The van der Waals surface area contributed by atoms with Crippen LogP contribution in [0.4, 0.5) is 5.95 Å². The van der Waals surface area contributed by atoms with Gasteiger partial charge in [-0.2, -0.15) is 0 Å². The molecular formula is C16H17ClN6O2. The Morgan fingerprint density at radius 3 is 2.68 bits per heavy atom. The lowest BCUT2D eigenvalue weighted by atomic mass is 10.2. The van der Waals surface area contributed by atoms with Crippen molar-refractivity contribution in [2.24, 2.45) is 7.05 Å². The molecule has 0 saturated heterocycles. The molecule has 1 aromatic carbocycles. The second kappa shape index (κ2) is 7.80. The van der Waals surface area contributed by atoms with Crippen molar-refractivity contribution in [3.63, 3.8) is 0 Å². The lowest BCUT2D eigenvalue weighted by Crippen LogP contribution is -2.06. The summed E-state index contributed by atoms with van der Waals surface area (Å²) >= 11 is 5.78. The first-order valence-electron chi connectivity index (χ1n) is 7.52. The van der Waals surface area contributed by atoms with Crippen LogP contribution in [0.3, 0.4) is 0 Å². The Morgan fingerprint density at radius 1 is 1.16 bits per heavy atom. The molecule has 0 atom stereocenters. The van der Waals surface area contributed by atoms with Crippen molar-refractivity contribution in [3.8, 4) is 11.5 Å². The van der Waals surface area contributed by atoms with Crippen molar-refractivity contribution in [2.45, 2.75) is 13.2 Å². The predicted molar refractivity (Wildman–Crippen MR) is 92.7 cm³/mol. The number of tetrazole rings is 1. The van der Waals surface area contributed by atoms with Gasteiger partial charge in [0.15, 0.2) is 11.5 Å². The van der Waals surface area contributed by atoms with E-state index in [1.807, 2.05) is 24.3 Å². The maximum Gasteiger partial charge on any atom is 0.242 e. The Bertz CT molecular complexity index is 837. The van der Waals surface area contributed by atoms with Crippen molar-refractivity contribution in [1.29, 1.82) is 0 Å². The highest BCUT2D eigenvalue weighted by molar-refractivity contribution is 6.29. The number of anilines is 1. The smallest absolute Gasteiger partial charge is 0.242 e. The molecule has 0 aliphatic carbocycles. The fraction of sp³-hybridized carbons (Fsp3) is 0.250. The van der Waals surface area contributed by atoms with E-state index in [1.54, 1.807) is 31.1 Å². The number of benzene rings is 1. The van der Waals surface area contributed by atoms with Gasteiger partial charge in [-0.3, -0.25) is 0 Å². The van der Waals surface area contributed by atoms with Crippen LogP contribution >= 0.6 is 11.6 Å². The van der Waals surface area contributed by atoms with Gasteiger partial charge in [-0.15, -0.1) is 0 Å². The van der Waals surface area contributed by atoms with Crippen LogP contribution in [0.1, 0.15) is 11.1 Å². The minimum atomic E-state index is 0.378. The van der Waals surface area contributed by atoms with Gasteiger partial charge in [-0.05, 0) is 34.2 Å². The molecule has 0 unspecified atom stereocenters. The summed E-state index contributed by atoms with van der Waals surface area (Å²) in [7, 11) is 3.38. The number of hydrogen-bond acceptors (Lipinski definition) is 7. The van der Waals surface area contributed by atoms with E-state index in [1.165, 1.54) is 0 Å². The van der Waals surface area contributed by atoms with E-state index >= 15 is 0 Å². The van der Waals surface area contributed by atoms with Crippen LogP contribution in [0.2, 0.25) is 5.15 Å². The molecule has 0 spiro atoms. The molecular weight excluding hydrogens is 344 g/mol. The summed E-state index contributed by atoms with van der Waals surface area (Å²) in [5.74, 6) is 1.90. The quantitative estimate of drug-likeness (QED) is 0.647. The number of nitrogens with zero attached hydrogens (tertiary/aromatic N) is 5. The molecule has 2 heterocycles. The molecule has 0 saturated carbocycles. The molecule has 8 nitrogen and oxygen atoms in total. The predicted octanol–water partition coefficient (Wildman–Crippen LogP) is 2.46. The Labute approximate surface area is 149 Å². The molecule has 0 radical (unpaired) electrons. The molecule has 0 aliphatic heterocycles. The van der Waals surface area contributed by atoms with Crippen molar-refractivity contribution in [3.05, 3.63) is 52.8 Å². The SMILES string of the molecule is COc1cc(CNc2nnnn2C)ccc1OCc1ccc(Cl)nc1. The summed E-state index contributed by atoms with van der Waals surface area (Å²) < 4.78 is 12.8. The van der Waals surface area contributed by atoms with E-state index in [0.29, 0.717) is 35.8 Å². The highest BCUT2D eigenvalue weighted by Gasteiger charge is 2.08. The van der Waals surface area contributed by atoms with Gasteiger partial charge in [-0.25, -0.2) is 9.67 Å². The van der Waals surface area contributed by atoms with Gasteiger partial charge in [0, 0.05) is 25.4 Å². The Kier molecular flexibility index (Phi) is 5.30. The van der Waals surface area contributed by atoms with Crippen LogP contribution in [-0.4, -0.2) is 32.3 Å². The van der Waals surface area contributed by atoms with Gasteiger partial charge in [0.2, 0.25) is 5.95 Å². The van der Waals surface area contributed by atoms with Gasteiger partial charge < -0.3 is 14.8 Å². The third kappa shape index (κ3) is 4.36. The van der Waals surface area contributed by atoms with E-state index in [9.17, 15) is 0 Å². The summed E-state index contributed by atoms with van der Waals surface area (Å²) in [5, 5.41) is 14.8. The van der Waals surface area contributed by atoms with Gasteiger partial charge in [0.1, 0.15) is 11.8 Å². The van der Waals surface area contributed by atoms with Crippen LogP contribution in [-0.2, 0) is 20.2 Å². The lowest BCUT2D eigenvalue weighted by Gasteiger charge is -2.12. The number of methoxy groups -OCH3 is 1. The summed E-state index contributed by atoms with van der Waals surface area (Å²) in [5.41, 5.74) is 1.94. The van der Waals surface area contributed by atoms with Crippen LogP contribution in [0.5, 0.6) is 11.5 Å². The largest absolute Gasteiger partial charge is 0.493 e. The van der Waals surface area contributed by atoms with Gasteiger partial charge >= 0.3 is 0 Å². The summed E-state index contributed by atoms with van der Waals surface area (Å²) in [4.78, 5) is 4.03. The van der Waals surface area contributed by atoms with E-state index in [2.05, 4.69) is 25.8 Å². The van der Waals surface area contributed by atoms with Crippen molar-refractivity contribution >= 4 is 17.5 Å². The number of rotatable bonds is 7. The average molecular weight is 361 g/mol. The number of ether oxygens (including phenoxy) is 2. The summed E-state index contributed by atoms with van der Waals surface area (Å²) in [6.07, 6.45) is 1.68. The Hall–Kier alpha value is -2.87. The molecule has 9 heteroatoms. The fourth-order valence-corrected chi connectivity index (χ4v) is 2.27. The highest BCUT2D eigenvalue weighted by Crippen LogP contribution is 2.29. The second-order valence-electron chi connectivity index (χ2n) is 5.24. The average Bonchev–Trinajstić information content (AvgIpc) is 3.04. The van der Waals surface area contributed by atoms with Crippen LogP contribution in [0.25, 0.3) is 0 Å². The van der Waals surface area contributed by atoms with E-state index in [0.717, 1.165) is 11.1 Å². The molecule has 2 aromatic heterocycles. The molecule has 0 fully saturated rings. The number of halogens is 1. The van der Waals surface area contributed by atoms with Gasteiger partial charge in [-0.1, -0.05) is 28.8 Å². The highest BCUT2D eigenvalue weighted by atomic mass is 35.5. The normalized spacial score (nSPS) is 10.5. The number of aryl methyl sites for hydroxylation is 1. The Morgan fingerprint density at radius 2 is 2.00 bits per heavy atom. The molecule has 130 valence electrons. The Balaban J connectivity index is 1.64. The van der Waals surface area contributed by atoms with E-state index in [-0.39, 0.29) is 0 Å². The summed E-state index contributed by atoms with van der Waals surface area (Å²) in [6, 6.07) is 9.33. The molecule has 0 bridgehead atoms. The van der Waals surface area contributed by atoms with Crippen molar-refractivity contribution in [1.82, 2.24) is 25.2 Å². The van der Waals surface area contributed by atoms with Crippen LogP contribution in [0.15, 0.2) is 36.5 Å².